The van der Waals surface area contributed by atoms with E-state index in [1.54, 1.807) is 0 Å². The average molecular weight is 258 g/mol. The fourth-order valence-electron chi connectivity index (χ4n) is 1.49. The van der Waals surface area contributed by atoms with Gasteiger partial charge < -0.3 is 15.3 Å². The smallest absolute Gasteiger partial charge is 0.144 e. The molecule has 0 spiro atoms. The van der Waals surface area contributed by atoms with Gasteiger partial charge in [-0.1, -0.05) is 31.8 Å². The Morgan fingerprint density at radius 3 is 2.22 bits per heavy atom. The number of oxime groups is 1. The SMILES string of the molecule is CCCC(CCC)=NOC[C@@H](O)CNC(C)(C)C. The highest BCUT2D eigenvalue weighted by molar-refractivity contribution is 5.83. The van der Waals surface area contributed by atoms with Crippen molar-refractivity contribution in [2.75, 3.05) is 13.2 Å². The number of hydrogen-bond acceptors (Lipinski definition) is 4. The molecular weight excluding hydrogens is 228 g/mol. The van der Waals surface area contributed by atoms with Crippen molar-refractivity contribution in [1.82, 2.24) is 5.32 Å². The zero-order valence-corrected chi connectivity index (χ0v) is 12.6. The first-order valence-electron chi connectivity index (χ1n) is 6.99. The van der Waals surface area contributed by atoms with Crippen molar-refractivity contribution in [3.05, 3.63) is 0 Å². The highest BCUT2D eigenvalue weighted by Crippen LogP contribution is 2.02. The normalized spacial score (nSPS) is 13.2. The maximum atomic E-state index is 9.73. The molecule has 0 aromatic rings. The Morgan fingerprint density at radius 2 is 1.78 bits per heavy atom. The fourth-order valence-corrected chi connectivity index (χ4v) is 1.49. The molecule has 0 fully saturated rings. The van der Waals surface area contributed by atoms with Gasteiger partial charge in [0.2, 0.25) is 0 Å². The molecule has 0 bridgehead atoms. The summed E-state index contributed by atoms with van der Waals surface area (Å²) < 4.78 is 0. The zero-order valence-electron chi connectivity index (χ0n) is 12.6. The van der Waals surface area contributed by atoms with Crippen LogP contribution in [0.25, 0.3) is 0 Å². The Morgan fingerprint density at radius 1 is 1.22 bits per heavy atom. The largest absolute Gasteiger partial charge is 0.393 e. The maximum absolute atomic E-state index is 9.73. The molecule has 0 saturated heterocycles. The lowest BCUT2D eigenvalue weighted by Crippen LogP contribution is -2.42. The lowest BCUT2D eigenvalue weighted by atomic mass is 10.1. The molecule has 0 saturated carbocycles. The molecule has 108 valence electrons. The lowest BCUT2D eigenvalue weighted by molar-refractivity contribution is 0.0367. The molecule has 18 heavy (non-hydrogen) atoms. The van der Waals surface area contributed by atoms with E-state index >= 15 is 0 Å². The molecule has 0 rings (SSSR count). The van der Waals surface area contributed by atoms with Crippen molar-refractivity contribution in [2.24, 2.45) is 5.16 Å². The number of aliphatic hydroxyl groups excluding tert-OH is 1. The van der Waals surface area contributed by atoms with E-state index in [0.29, 0.717) is 6.54 Å². The van der Waals surface area contributed by atoms with E-state index in [0.717, 1.165) is 31.4 Å². The number of hydrogen-bond donors (Lipinski definition) is 2. The molecular formula is C14H30N2O2. The summed E-state index contributed by atoms with van der Waals surface area (Å²) in [5.41, 5.74) is 1.11. The minimum atomic E-state index is -0.516. The topological polar surface area (TPSA) is 53.9 Å². The van der Waals surface area contributed by atoms with Crippen LogP contribution in [0.15, 0.2) is 5.16 Å². The van der Waals surface area contributed by atoms with E-state index in [9.17, 15) is 5.11 Å². The molecule has 0 aromatic carbocycles. The summed E-state index contributed by atoms with van der Waals surface area (Å²) in [5.74, 6) is 0. The third-order valence-corrected chi connectivity index (χ3v) is 2.41. The fraction of sp³-hybridized carbons (Fsp3) is 0.929. The second-order valence-electron chi connectivity index (χ2n) is 5.74. The molecule has 1 atom stereocenters. The van der Waals surface area contributed by atoms with Crippen molar-refractivity contribution in [3.63, 3.8) is 0 Å². The summed E-state index contributed by atoms with van der Waals surface area (Å²) in [5, 5.41) is 17.1. The van der Waals surface area contributed by atoms with Crippen molar-refractivity contribution >= 4 is 5.71 Å². The highest BCUT2D eigenvalue weighted by Gasteiger charge is 2.12. The highest BCUT2D eigenvalue weighted by atomic mass is 16.6. The minimum absolute atomic E-state index is 0.0137. The van der Waals surface area contributed by atoms with E-state index in [1.165, 1.54) is 0 Å². The molecule has 0 radical (unpaired) electrons. The number of β-amino-alcohol motifs (C(OH)–C–C–N with tert-alkyl or cyclic N) is 1. The van der Waals surface area contributed by atoms with Crippen LogP contribution < -0.4 is 5.32 Å². The predicted molar refractivity (Wildman–Crippen MR) is 77.0 cm³/mol. The minimum Gasteiger partial charge on any atom is -0.393 e. The van der Waals surface area contributed by atoms with Gasteiger partial charge in [0.25, 0.3) is 0 Å². The van der Waals surface area contributed by atoms with E-state index in [2.05, 4.69) is 45.1 Å². The Bertz CT molecular complexity index is 226. The number of aliphatic hydroxyl groups is 1. The second kappa shape index (κ2) is 9.34. The molecule has 4 heteroatoms. The van der Waals surface area contributed by atoms with Gasteiger partial charge >= 0.3 is 0 Å². The molecule has 0 aliphatic rings. The van der Waals surface area contributed by atoms with E-state index in [1.807, 2.05) is 0 Å². The summed E-state index contributed by atoms with van der Waals surface area (Å²) in [6, 6.07) is 0. The Labute approximate surface area is 112 Å². The zero-order chi connectivity index (χ0) is 14.0. The standard InChI is InChI=1S/C14H30N2O2/c1-6-8-12(9-7-2)16-18-11-13(17)10-15-14(3,4)5/h13,15,17H,6-11H2,1-5H3/t13-/m0/s1. The summed E-state index contributed by atoms with van der Waals surface area (Å²) in [6.07, 6.45) is 3.60. The number of nitrogens with one attached hydrogen (secondary N) is 1. The first-order chi connectivity index (χ1) is 8.39. The van der Waals surface area contributed by atoms with Gasteiger partial charge in [0.1, 0.15) is 12.7 Å². The van der Waals surface area contributed by atoms with Gasteiger partial charge in [0.15, 0.2) is 0 Å². The van der Waals surface area contributed by atoms with E-state index in [-0.39, 0.29) is 12.1 Å². The molecule has 0 aliphatic carbocycles. The average Bonchev–Trinajstić information content (AvgIpc) is 2.26. The van der Waals surface area contributed by atoms with E-state index < -0.39 is 6.10 Å². The first kappa shape index (κ1) is 17.4. The van der Waals surface area contributed by atoms with Crippen LogP contribution in [0.2, 0.25) is 0 Å². The monoisotopic (exact) mass is 258 g/mol. The molecule has 0 unspecified atom stereocenters. The van der Waals surface area contributed by atoms with Gasteiger partial charge in [-0.15, -0.1) is 0 Å². The van der Waals surface area contributed by atoms with Gasteiger partial charge in [-0.25, -0.2) is 0 Å². The Kier molecular flexibility index (Phi) is 9.02. The maximum Gasteiger partial charge on any atom is 0.144 e. The van der Waals surface area contributed by atoms with Crippen LogP contribution in [0.5, 0.6) is 0 Å². The third-order valence-electron chi connectivity index (χ3n) is 2.41. The van der Waals surface area contributed by atoms with Crippen LogP contribution in [0.3, 0.4) is 0 Å². The summed E-state index contributed by atoms with van der Waals surface area (Å²) >= 11 is 0. The quantitative estimate of drug-likeness (QED) is 0.494. The molecule has 0 aromatic heterocycles. The van der Waals surface area contributed by atoms with Crippen LogP contribution in [0.4, 0.5) is 0 Å². The lowest BCUT2D eigenvalue weighted by Gasteiger charge is -2.22. The van der Waals surface area contributed by atoms with Crippen LogP contribution in [-0.4, -0.2) is 35.6 Å². The third kappa shape index (κ3) is 10.5. The van der Waals surface area contributed by atoms with Crippen molar-refractivity contribution in [2.45, 2.75) is 71.9 Å². The summed E-state index contributed by atoms with van der Waals surface area (Å²) in [7, 11) is 0. The van der Waals surface area contributed by atoms with Crippen molar-refractivity contribution < 1.29 is 9.94 Å². The number of nitrogens with zero attached hydrogens (tertiary/aromatic N) is 1. The van der Waals surface area contributed by atoms with Gasteiger partial charge in [-0.3, -0.25) is 0 Å². The van der Waals surface area contributed by atoms with E-state index in [4.69, 9.17) is 4.84 Å². The Hall–Kier alpha value is -0.610. The van der Waals surface area contributed by atoms with Crippen molar-refractivity contribution in [1.29, 1.82) is 0 Å². The van der Waals surface area contributed by atoms with Gasteiger partial charge in [0, 0.05) is 12.1 Å². The van der Waals surface area contributed by atoms with Gasteiger partial charge in [-0.2, -0.15) is 0 Å². The molecule has 4 nitrogen and oxygen atoms in total. The molecule has 0 amide bonds. The summed E-state index contributed by atoms with van der Waals surface area (Å²) in [4.78, 5) is 5.23. The van der Waals surface area contributed by atoms with Crippen LogP contribution in [0, 0.1) is 0 Å². The first-order valence-corrected chi connectivity index (χ1v) is 6.99. The number of rotatable bonds is 9. The van der Waals surface area contributed by atoms with Crippen LogP contribution >= 0.6 is 0 Å². The Balaban J connectivity index is 3.88. The molecule has 0 aliphatic heterocycles. The van der Waals surface area contributed by atoms with Gasteiger partial charge in [0.05, 0.1) is 5.71 Å². The molecule has 0 heterocycles. The van der Waals surface area contributed by atoms with Gasteiger partial charge in [-0.05, 0) is 33.6 Å². The van der Waals surface area contributed by atoms with Crippen LogP contribution in [0.1, 0.15) is 60.3 Å². The predicted octanol–water partition coefficient (Wildman–Crippen LogP) is 2.71. The molecule has 2 N–H and O–H groups in total. The summed E-state index contributed by atoms with van der Waals surface area (Å²) in [6.45, 7) is 11.2. The van der Waals surface area contributed by atoms with Crippen molar-refractivity contribution in [3.8, 4) is 0 Å². The van der Waals surface area contributed by atoms with Crippen LogP contribution in [-0.2, 0) is 4.84 Å². The second-order valence-corrected chi connectivity index (χ2v) is 5.74.